The number of fused-ring (bicyclic) bond motifs is 2. The third kappa shape index (κ3) is 1.17. The molecular weight excluding hydrogens is 240 g/mol. The highest BCUT2D eigenvalue weighted by molar-refractivity contribution is 6.33. The van der Waals surface area contributed by atoms with E-state index >= 15 is 0 Å². The maximum Gasteiger partial charge on any atom is 0.421 e. The third-order valence-corrected chi connectivity index (χ3v) is 2.91. The predicted octanol–water partition coefficient (Wildman–Crippen LogP) is 0.0949. The van der Waals surface area contributed by atoms with Crippen LogP contribution in [-0.4, -0.2) is 23.5 Å². The van der Waals surface area contributed by atoms with E-state index in [1.54, 1.807) is 12.1 Å². The molecule has 1 saturated heterocycles. The van der Waals surface area contributed by atoms with Crippen molar-refractivity contribution in [2.45, 2.75) is 12.2 Å². The van der Waals surface area contributed by atoms with Gasteiger partial charge >= 0.3 is 17.7 Å². The van der Waals surface area contributed by atoms with E-state index in [0.717, 1.165) is 0 Å². The number of Topliss-reactive ketones (excluding diaryl/α,β-unsaturated/α-hetero) is 2. The molecule has 6 nitrogen and oxygen atoms in total. The molecule has 0 saturated carbocycles. The summed E-state index contributed by atoms with van der Waals surface area (Å²) in [4.78, 5) is 45.9. The number of rotatable bonds is 0. The van der Waals surface area contributed by atoms with Gasteiger partial charge < -0.3 is 9.47 Å². The van der Waals surface area contributed by atoms with Gasteiger partial charge in [-0.25, -0.2) is 9.59 Å². The number of benzene rings is 1. The summed E-state index contributed by atoms with van der Waals surface area (Å²) in [6.45, 7) is 0. The second kappa shape index (κ2) is 3.25. The molecule has 90 valence electrons. The standard InChI is InChI=1S/C12H6O6/c13-8-5-9(14)12(17-10(15)11(16)18-12)7-4-2-1-3-6(7)8/h1-4H,5H2. The fourth-order valence-electron chi connectivity index (χ4n) is 2.11. The second-order valence-electron chi connectivity index (χ2n) is 3.96. The van der Waals surface area contributed by atoms with Crippen LogP contribution in [-0.2, 0) is 29.6 Å². The SMILES string of the molecule is O=C1OC2(OC1=O)C(=O)CC(=O)c1ccccc12. The molecule has 1 heterocycles. The summed E-state index contributed by atoms with van der Waals surface area (Å²) >= 11 is 0. The molecule has 2 aliphatic rings. The fraction of sp³-hybridized carbons (Fsp3) is 0.167. The number of carbonyl (C=O) groups excluding carboxylic acids is 4. The van der Waals surface area contributed by atoms with Crippen LogP contribution in [0, 0.1) is 0 Å². The lowest BCUT2D eigenvalue weighted by Gasteiger charge is -2.29. The van der Waals surface area contributed by atoms with E-state index in [2.05, 4.69) is 0 Å². The van der Waals surface area contributed by atoms with Crippen molar-refractivity contribution in [2.24, 2.45) is 0 Å². The zero-order chi connectivity index (χ0) is 12.9. The Bertz CT molecular complexity index is 599. The van der Waals surface area contributed by atoms with Gasteiger partial charge in [0.2, 0.25) is 5.78 Å². The third-order valence-electron chi connectivity index (χ3n) is 2.91. The first-order valence-corrected chi connectivity index (χ1v) is 5.17. The molecule has 3 rings (SSSR count). The molecule has 1 spiro atoms. The van der Waals surface area contributed by atoms with Gasteiger partial charge in [-0.1, -0.05) is 18.2 Å². The fourth-order valence-corrected chi connectivity index (χ4v) is 2.11. The number of ether oxygens (including phenoxy) is 2. The Morgan fingerprint density at radius 3 is 2.22 bits per heavy atom. The van der Waals surface area contributed by atoms with Crippen LogP contribution in [0.5, 0.6) is 0 Å². The summed E-state index contributed by atoms with van der Waals surface area (Å²) in [6, 6.07) is 6.09. The minimum atomic E-state index is -2.07. The molecule has 0 radical (unpaired) electrons. The average Bonchev–Trinajstić information content (AvgIpc) is 2.65. The van der Waals surface area contributed by atoms with E-state index in [1.807, 2.05) is 0 Å². The summed E-state index contributed by atoms with van der Waals surface area (Å²) in [6.07, 6.45) is -0.461. The Morgan fingerprint density at radius 2 is 1.56 bits per heavy atom. The Morgan fingerprint density at radius 1 is 0.944 bits per heavy atom. The number of carbonyl (C=O) groups is 4. The Labute approximate surface area is 100 Å². The van der Waals surface area contributed by atoms with Crippen molar-refractivity contribution in [3.8, 4) is 0 Å². The summed E-state index contributed by atoms with van der Waals surface area (Å²) in [5, 5.41) is 0. The molecule has 1 aliphatic heterocycles. The van der Waals surface area contributed by atoms with Crippen LogP contribution in [0.1, 0.15) is 22.3 Å². The van der Waals surface area contributed by atoms with E-state index in [-0.39, 0.29) is 16.9 Å². The maximum absolute atomic E-state index is 11.9. The molecule has 0 bridgehead atoms. The van der Waals surface area contributed by atoms with Crippen molar-refractivity contribution in [3.63, 3.8) is 0 Å². The molecule has 0 atom stereocenters. The first-order chi connectivity index (χ1) is 8.54. The second-order valence-corrected chi connectivity index (χ2v) is 3.96. The molecule has 0 N–H and O–H groups in total. The summed E-state index contributed by atoms with van der Waals surface area (Å²) in [5.74, 6) is -5.66. The van der Waals surface area contributed by atoms with Gasteiger partial charge in [0.1, 0.15) is 0 Å². The summed E-state index contributed by atoms with van der Waals surface area (Å²) < 4.78 is 9.55. The van der Waals surface area contributed by atoms with Gasteiger partial charge in [0.15, 0.2) is 5.78 Å². The van der Waals surface area contributed by atoms with E-state index in [1.165, 1.54) is 12.1 Å². The average molecular weight is 246 g/mol. The minimum absolute atomic E-state index is 0.102. The summed E-state index contributed by atoms with van der Waals surface area (Å²) in [7, 11) is 0. The molecule has 1 aromatic carbocycles. The number of hydrogen-bond donors (Lipinski definition) is 0. The molecular formula is C12H6O6. The number of esters is 2. The van der Waals surface area contributed by atoms with Crippen molar-refractivity contribution in [3.05, 3.63) is 35.4 Å². The van der Waals surface area contributed by atoms with Crippen molar-refractivity contribution in [1.29, 1.82) is 0 Å². The van der Waals surface area contributed by atoms with E-state index in [4.69, 9.17) is 9.47 Å². The van der Waals surface area contributed by atoms with Gasteiger partial charge in [0.25, 0.3) is 0 Å². The number of hydrogen-bond acceptors (Lipinski definition) is 6. The van der Waals surface area contributed by atoms with E-state index in [0.29, 0.717) is 0 Å². The lowest BCUT2D eigenvalue weighted by molar-refractivity contribution is -0.192. The van der Waals surface area contributed by atoms with Gasteiger partial charge in [0.05, 0.1) is 12.0 Å². The van der Waals surface area contributed by atoms with Crippen LogP contribution in [0.4, 0.5) is 0 Å². The zero-order valence-electron chi connectivity index (χ0n) is 8.97. The Balaban J connectivity index is 2.25. The van der Waals surface area contributed by atoms with Crippen molar-refractivity contribution in [1.82, 2.24) is 0 Å². The Hall–Kier alpha value is -2.50. The van der Waals surface area contributed by atoms with Gasteiger partial charge in [0, 0.05) is 5.56 Å². The van der Waals surface area contributed by atoms with Crippen LogP contribution in [0.25, 0.3) is 0 Å². The molecule has 1 aliphatic carbocycles. The van der Waals surface area contributed by atoms with Gasteiger partial charge in [-0.15, -0.1) is 0 Å². The molecule has 0 aromatic heterocycles. The van der Waals surface area contributed by atoms with Crippen LogP contribution < -0.4 is 0 Å². The molecule has 0 amide bonds. The highest BCUT2D eigenvalue weighted by Gasteiger charge is 2.59. The summed E-state index contributed by atoms with van der Waals surface area (Å²) in [5.41, 5.74) is 0.324. The molecule has 6 heteroatoms. The lowest BCUT2D eigenvalue weighted by Crippen LogP contribution is -2.43. The number of ketones is 2. The van der Waals surface area contributed by atoms with Gasteiger partial charge in [-0.05, 0) is 6.07 Å². The quantitative estimate of drug-likeness (QED) is 0.366. The minimum Gasteiger partial charge on any atom is -0.402 e. The first kappa shape index (κ1) is 10.6. The monoisotopic (exact) mass is 246 g/mol. The molecule has 1 fully saturated rings. The maximum atomic E-state index is 11.9. The highest BCUT2D eigenvalue weighted by atomic mass is 16.8. The largest absolute Gasteiger partial charge is 0.421 e. The van der Waals surface area contributed by atoms with Crippen molar-refractivity contribution in [2.75, 3.05) is 0 Å². The van der Waals surface area contributed by atoms with E-state index in [9.17, 15) is 19.2 Å². The Kier molecular flexibility index (Phi) is 1.92. The smallest absolute Gasteiger partial charge is 0.402 e. The lowest BCUT2D eigenvalue weighted by atomic mass is 9.85. The zero-order valence-corrected chi connectivity index (χ0v) is 8.97. The van der Waals surface area contributed by atoms with Gasteiger partial charge in [-0.3, -0.25) is 9.59 Å². The normalized spacial score (nSPS) is 20.7. The van der Waals surface area contributed by atoms with Crippen LogP contribution in [0.3, 0.4) is 0 Å². The van der Waals surface area contributed by atoms with Crippen LogP contribution in [0.2, 0.25) is 0 Å². The van der Waals surface area contributed by atoms with Crippen LogP contribution >= 0.6 is 0 Å². The molecule has 18 heavy (non-hydrogen) atoms. The highest BCUT2D eigenvalue weighted by Crippen LogP contribution is 2.40. The molecule has 1 aromatic rings. The van der Waals surface area contributed by atoms with Gasteiger partial charge in [-0.2, -0.15) is 0 Å². The topological polar surface area (TPSA) is 86.7 Å². The van der Waals surface area contributed by atoms with Crippen molar-refractivity contribution < 1.29 is 28.7 Å². The first-order valence-electron chi connectivity index (χ1n) is 5.17. The predicted molar refractivity (Wildman–Crippen MR) is 54.3 cm³/mol. The van der Waals surface area contributed by atoms with Crippen molar-refractivity contribution >= 4 is 23.5 Å². The van der Waals surface area contributed by atoms with Crippen LogP contribution in [0.15, 0.2) is 24.3 Å². The molecule has 0 unspecified atom stereocenters. The van der Waals surface area contributed by atoms with E-state index < -0.39 is 29.9 Å².